The minimum atomic E-state index is -1.09. The van der Waals surface area contributed by atoms with E-state index in [0.29, 0.717) is 34.3 Å². The van der Waals surface area contributed by atoms with E-state index in [4.69, 9.17) is 5.11 Å². The topological polar surface area (TPSA) is 129 Å². The number of benzene rings is 1. The zero-order valence-electron chi connectivity index (χ0n) is 20.3. The lowest BCUT2D eigenvalue weighted by atomic mass is 9.59. The lowest BCUT2D eigenvalue weighted by Crippen LogP contribution is -2.40. The molecule has 0 bridgehead atoms. The molecule has 1 aromatic carbocycles. The number of phenols is 1. The number of carboxylic acids is 1. The molecule has 3 aliphatic carbocycles. The standard InChI is InChI=1S/C28H27NO7/c1-12-8-15(9-13(2)25(12)33)22-16-4-5-17-23(28(36)29(27(17)35)7-6-21(31)32)18(16)11-19-24(22)20(30)10-14(3)26(19)34/h4,8-10,17-18,22-23,33H,5-7,11H2,1-3H3,(H,31,32). The molecule has 4 aliphatic rings. The highest BCUT2D eigenvalue weighted by Gasteiger charge is 2.56. The Hall–Kier alpha value is -3.81. The van der Waals surface area contributed by atoms with Crippen molar-refractivity contribution in [1.82, 2.24) is 4.90 Å². The molecule has 1 saturated heterocycles. The number of hydrogen-bond donors (Lipinski definition) is 2. The highest BCUT2D eigenvalue weighted by atomic mass is 16.4. The van der Waals surface area contributed by atoms with Gasteiger partial charge in [0.05, 0.1) is 18.3 Å². The molecule has 0 aromatic heterocycles. The second-order valence-corrected chi connectivity index (χ2v) is 10.2. The van der Waals surface area contributed by atoms with E-state index in [-0.39, 0.29) is 42.6 Å². The molecule has 4 atom stereocenters. The number of aryl methyl sites for hydroxylation is 2. The van der Waals surface area contributed by atoms with Crippen molar-refractivity contribution in [2.45, 2.75) is 46.0 Å². The number of carbonyl (C=O) groups is 5. The molecule has 0 spiro atoms. The largest absolute Gasteiger partial charge is 0.507 e. The van der Waals surface area contributed by atoms with Gasteiger partial charge in [-0.25, -0.2) is 0 Å². The van der Waals surface area contributed by atoms with Crippen molar-refractivity contribution in [3.05, 3.63) is 63.3 Å². The summed E-state index contributed by atoms with van der Waals surface area (Å²) in [4.78, 5) is 65.2. The van der Waals surface area contributed by atoms with Crippen LogP contribution < -0.4 is 0 Å². The van der Waals surface area contributed by atoms with Crippen LogP contribution in [0.4, 0.5) is 0 Å². The first-order chi connectivity index (χ1) is 17.0. The number of amides is 2. The number of aliphatic carboxylic acids is 1. The Balaban J connectivity index is 1.65. The summed E-state index contributed by atoms with van der Waals surface area (Å²) < 4.78 is 0. The summed E-state index contributed by atoms with van der Waals surface area (Å²) in [6.45, 7) is 4.95. The van der Waals surface area contributed by atoms with E-state index in [0.717, 1.165) is 16.0 Å². The second kappa shape index (κ2) is 8.40. The van der Waals surface area contributed by atoms with Crippen molar-refractivity contribution in [1.29, 1.82) is 0 Å². The van der Waals surface area contributed by atoms with Gasteiger partial charge in [0.25, 0.3) is 0 Å². The van der Waals surface area contributed by atoms with Crippen molar-refractivity contribution in [2.24, 2.45) is 17.8 Å². The first-order valence-corrected chi connectivity index (χ1v) is 12.1. The number of aromatic hydroxyl groups is 1. The molecule has 0 radical (unpaired) electrons. The number of Topliss-reactive ketones (excluding diaryl/α,β-unsaturated/α-hetero) is 1. The van der Waals surface area contributed by atoms with Crippen molar-refractivity contribution >= 4 is 29.4 Å². The Morgan fingerprint density at radius 2 is 1.69 bits per heavy atom. The summed E-state index contributed by atoms with van der Waals surface area (Å²) in [6.07, 6.45) is 3.43. The molecule has 2 amide bonds. The lowest BCUT2D eigenvalue weighted by molar-refractivity contribution is -0.142. The van der Waals surface area contributed by atoms with Gasteiger partial charge in [-0.2, -0.15) is 0 Å². The fourth-order valence-electron chi connectivity index (χ4n) is 6.41. The number of imide groups is 1. The van der Waals surface area contributed by atoms with Crippen LogP contribution in [0.2, 0.25) is 0 Å². The summed E-state index contributed by atoms with van der Waals surface area (Å²) in [5.41, 5.74) is 3.96. The van der Waals surface area contributed by atoms with Gasteiger partial charge in [-0.05, 0) is 62.3 Å². The Morgan fingerprint density at radius 3 is 2.33 bits per heavy atom. The Labute approximate surface area is 208 Å². The van der Waals surface area contributed by atoms with E-state index in [1.54, 1.807) is 32.9 Å². The smallest absolute Gasteiger partial charge is 0.305 e. The predicted molar refractivity (Wildman–Crippen MR) is 128 cm³/mol. The van der Waals surface area contributed by atoms with Crippen LogP contribution in [0.3, 0.4) is 0 Å². The van der Waals surface area contributed by atoms with E-state index < -0.39 is 35.5 Å². The minimum Gasteiger partial charge on any atom is -0.507 e. The maximum absolute atomic E-state index is 13.5. The number of fused-ring (bicyclic) bond motifs is 3. The Kier molecular flexibility index (Phi) is 5.58. The third-order valence-electron chi connectivity index (χ3n) is 8.05. The van der Waals surface area contributed by atoms with Gasteiger partial charge < -0.3 is 10.2 Å². The molecule has 186 valence electrons. The zero-order chi connectivity index (χ0) is 26.0. The molecule has 8 nitrogen and oxygen atoms in total. The lowest BCUT2D eigenvalue weighted by Gasteiger charge is -2.42. The molecule has 8 heteroatoms. The van der Waals surface area contributed by atoms with Gasteiger partial charge >= 0.3 is 5.97 Å². The molecule has 1 aromatic rings. The molecule has 1 aliphatic heterocycles. The second-order valence-electron chi connectivity index (χ2n) is 10.2. The average Bonchev–Trinajstić information content (AvgIpc) is 3.07. The average molecular weight is 490 g/mol. The number of carboxylic acid groups (broad SMARTS) is 1. The van der Waals surface area contributed by atoms with Crippen molar-refractivity contribution < 1.29 is 34.2 Å². The monoisotopic (exact) mass is 489 g/mol. The van der Waals surface area contributed by atoms with E-state index in [1.807, 2.05) is 6.08 Å². The molecule has 5 rings (SSSR count). The van der Waals surface area contributed by atoms with Crippen LogP contribution in [0.5, 0.6) is 5.75 Å². The SMILES string of the molecule is CC1=CC(=O)C2=C(CC3C(=CCC4C(=O)N(CCC(=O)O)C(=O)C43)C2c2cc(C)c(O)c(C)c2)C1=O. The maximum atomic E-state index is 13.5. The number of rotatable bonds is 4. The molecule has 0 saturated carbocycles. The molecular formula is C28H27NO7. The Morgan fingerprint density at radius 1 is 1.03 bits per heavy atom. The van der Waals surface area contributed by atoms with Gasteiger partial charge in [0, 0.05) is 29.2 Å². The molecular weight excluding hydrogens is 462 g/mol. The zero-order valence-corrected chi connectivity index (χ0v) is 20.3. The third-order valence-corrected chi connectivity index (χ3v) is 8.05. The summed E-state index contributed by atoms with van der Waals surface area (Å²) in [7, 11) is 0. The number of nitrogens with zero attached hydrogens (tertiary/aromatic N) is 1. The van der Waals surface area contributed by atoms with Crippen molar-refractivity contribution in [2.75, 3.05) is 6.54 Å². The van der Waals surface area contributed by atoms with Gasteiger partial charge in [-0.3, -0.25) is 28.9 Å². The van der Waals surface area contributed by atoms with Crippen LogP contribution in [0.1, 0.15) is 48.8 Å². The molecule has 4 unspecified atom stereocenters. The van der Waals surface area contributed by atoms with E-state index in [1.165, 1.54) is 6.08 Å². The van der Waals surface area contributed by atoms with Crippen molar-refractivity contribution in [3.8, 4) is 5.75 Å². The minimum absolute atomic E-state index is 0.158. The van der Waals surface area contributed by atoms with Crippen LogP contribution in [0.15, 0.2) is 46.6 Å². The number of carbonyl (C=O) groups excluding carboxylic acids is 4. The molecule has 1 heterocycles. The fourth-order valence-corrected chi connectivity index (χ4v) is 6.41. The molecule has 2 N–H and O–H groups in total. The van der Waals surface area contributed by atoms with Gasteiger partial charge in [0.1, 0.15) is 5.75 Å². The number of allylic oxidation sites excluding steroid dienone is 6. The highest BCUT2D eigenvalue weighted by Crippen LogP contribution is 2.55. The van der Waals surface area contributed by atoms with Gasteiger partial charge in [0.2, 0.25) is 11.8 Å². The number of ketones is 2. The predicted octanol–water partition coefficient (Wildman–Crippen LogP) is 2.91. The third kappa shape index (κ3) is 3.46. The first-order valence-electron chi connectivity index (χ1n) is 12.1. The molecule has 1 fully saturated rings. The van der Waals surface area contributed by atoms with Crippen LogP contribution in [0.25, 0.3) is 0 Å². The van der Waals surface area contributed by atoms with Crippen LogP contribution in [-0.2, 0) is 24.0 Å². The van der Waals surface area contributed by atoms with Gasteiger partial charge in [-0.1, -0.05) is 23.8 Å². The Bertz CT molecular complexity index is 1340. The summed E-state index contributed by atoms with van der Waals surface area (Å²) in [5, 5.41) is 19.4. The first kappa shape index (κ1) is 23.9. The van der Waals surface area contributed by atoms with E-state index in [9.17, 15) is 29.1 Å². The molecule has 36 heavy (non-hydrogen) atoms. The summed E-state index contributed by atoms with van der Waals surface area (Å²) >= 11 is 0. The van der Waals surface area contributed by atoms with E-state index >= 15 is 0 Å². The number of phenolic OH excluding ortho intramolecular Hbond substituents is 1. The van der Waals surface area contributed by atoms with Crippen LogP contribution in [-0.4, -0.2) is 51.0 Å². The maximum Gasteiger partial charge on any atom is 0.305 e. The van der Waals surface area contributed by atoms with Gasteiger partial charge in [0.15, 0.2) is 11.6 Å². The van der Waals surface area contributed by atoms with Crippen LogP contribution >= 0.6 is 0 Å². The normalized spacial score (nSPS) is 27.5. The quantitative estimate of drug-likeness (QED) is 0.378. The van der Waals surface area contributed by atoms with Crippen molar-refractivity contribution in [3.63, 3.8) is 0 Å². The van der Waals surface area contributed by atoms with Gasteiger partial charge in [-0.15, -0.1) is 0 Å². The summed E-state index contributed by atoms with van der Waals surface area (Å²) in [6, 6.07) is 3.60. The summed E-state index contributed by atoms with van der Waals surface area (Å²) in [5.74, 6) is -4.56. The fraction of sp³-hybridized carbons (Fsp3) is 0.393. The number of likely N-dealkylation sites (tertiary alicyclic amines) is 1. The van der Waals surface area contributed by atoms with Crippen LogP contribution in [0, 0.1) is 31.6 Å². The number of hydrogen-bond acceptors (Lipinski definition) is 6. The highest BCUT2D eigenvalue weighted by molar-refractivity contribution is 6.23. The van der Waals surface area contributed by atoms with E-state index in [2.05, 4.69) is 0 Å².